The number of carbonyl (C=O) groups excluding carboxylic acids is 3. The van der Waals surface area contributed by atoms with E-state index in [1.165, 1.54) is 31.2 Å². The van der Waals surface area contributed by atoms with Crippen LogP contribution in [-0.2, 0) is 25.7 Å². The number of carbonyl (C=O) groups is 3. The molecule has 1 aliphatic heterocycles. The maximum atomic E-state index is 13.2. The summed E-state index contributed by atoms with van der Waals surface area (Å²) in [5.74, 6) is -1.60. The van der Waals surface area contributed by atoms with E-state index in [0.29, 0.717) is 25.2 Å². The predicted octanol–water partition coefficient (Wildman–Crippen LogP) is 0.801. The molecule has 1 aromatic rings. The lowest BCUT2D eigenvalue weighted by molar-refractivity contribution is -0.147. The summed E-state index contributed by atoms with van der Waals surface area (Å²) in [5, 5.41) is 3.00. The smallest absolute Gasteiger partial charge is 0.325 e. The molecule has 1 aliphatic rings. The summed E-state index contributed by atoms with van der Waals surface area (Å²) in [5.41, 5.74) is 0.670. The van der Waals surface area contributed by atoms with Crippen LogP contribution in [0.25, 0.3) is 0 Å². The Morgan fingerprint density at radius 1 is 1.46 bits per heavy atom. The Morgan fingerprint density at radius 3 is 2.85 bits per heavy atom. The van der Waals surface area contributed by atoms with Crippen LogP contribution in [0.3, 0.4) is 0 Å². The Balaban J connectivity index is 2.08. The van der Waals surface area contributed by atoms with E-state index in [-0.39, 0.29) is 29.8 Å². The van der Waals surface area contributed by atoms with E-state index in [9.17, 15) is 18.8 Å². The molecule has 142 valence electrons. The normalized spacial score (nSPS) is 17.5. The molecule has 1 fully saturated rings. The van der Waals surface area contributed by atoms with Gasteiger partial charge in [-0.05, 0) is 17.7 Å². The van der Waals surface area contributed by atoms with Crippen LogP contribution in [0.2, 0.25) is 5.02 Å². The topological polar surface area (TPSA) is 78.9 Å². The van der Waals surface area contributed by atoms with Gasteiger partial charge in [-0.2, -0.15) is 0 Å². The number of halogens is 2. The zero-order valence-corrected chi connectivity index (χ0v) is 15.4. The van der Waals surface area contributed by atoms with Crippen LogP contribution in [0.5, 0.6) is 0 Å². The van der Waals surface area contributed by atoms with Gasteiger partial charge in [0.05, 0.1) is 19.6 Å². The maximum absolute atomic E-state index is 13.2. The van der Waals surface area contributed by atoms with Crippen LogP contribution in [0.15, 0.2) is 18.2 Å². The van der Waals surface area contributed by atoms with Crippen LogP contribution >= 0.6 is 11.6 Å². The number of piperazine rings is 1. The van der Waals surface area contributed by atoms with Crippen molar-refractivity contribution in [3.8, 4) is 0 Å². The Hall–Kier alpha value is -2.19. The largest absolute Gasteiger partial charge is 0.468 e. The summed E-state index contributed by atoms with van der Waals surface area (Å²) in [4.78, 5) is 39.0. The van der Waals surface area contributed by atoms with Gasteiger partial charge in [0.2, 0.25) is 11.8 Å². The first kappa shape index (κ1) is 20.1. The van der Waals surface area contributed by atoms with Gasteiger partial charge < -0.3 is 15.0 Å². The molecule has 26 heavy (non-hydrogen) atoms. The van der Waals surface area contributed by atoms with Gasteiger partial charge in [0, 0.05) is 31.7 Å². The molecule has 1 aromatic carbocycles. The Labute approximate surface area is 156 Å². The average Bonchev–Trinajstić information content (AvgIpc) is 2.59. The van der Waals surface area contributed by atoms with Crippen molar-refractivity contribution < 1.29 is 23.5 Å². The van der Waals surface area contributed by atoms with E-state index in [0.717, 1.165) is 0 Å². The van der Waals surface area contributed by atoms with Crippen molar-refractivity contribution in [2.45, 2.75) is 19.0 Å². The number of amides is 2. The molecule has 0 spiro atoms. The fourth-order valence-electron chi connectivity index (χ4n) is 2.71. The van der Waals surface area contributed by atoms with Gasteiger partial charge in [0.1, 0.15) is 12.4 Å². The van der Waals surface area contributed by atoms with Gasteiger partial charge in [-0.3, -0.25) is 19.3 Å². The fraction of sp³-hybridized carbons (Fsp3) is 0.471. The third-order valence-corrected chi connectivity index (χ3v) is 4.57. The Bertz CT molecular complexity index is 701. The molecule has 0 aromatic heterocycles. The Morgan fingerprint density at radius 2 is 2.19 bits per heavy atom. The van der Waals surface area contributed by atoms with Crippen molar-refractivity contribution in [3.05, 3.63) is 34.6 Å². The number of ether oxygens (including phenoxy) is 1. The number of methoxy groups -OCH3 is 1. The van der Waals surface area contributed by atoms with Gasteiger partial charge in [-0.15, -0.1) is 0 Å². The van der Waals surface area contributed by atoms with Gasteiger partial charge in [0.15, 0.2) is 0 Å². The van der Waals surface area contributed by atoms with Gasteiger partial charge in [-0.25, -0.2) is 4.39 Å². The van der Waals surface area contributed by atoms with Crippen LogP contribution < -0.4 is 5.32 Å². The van der Waals surface area contributed by atoms with E-state index >= 15 is 0 Å². The molecule has 0 aliphatic carbocycles. The lowest BCUT2D eigenvalue weighted by atomic mass is 10.1. The molecule has 7 nitrogen and oxygen atoms in total. The third-order valence-electron chi connectivity index (χ3n) is 4.22. The highest BCUT2D eigenvalue weighted by atomic mass is 35.5. The number of hydrogen-bond acceptors (Lipinski definition) is 5. The molecule has 9 heteroatoms. The first-order valence-electron chi connectivity index (χ1n) is 8.08. The van der Waals surface area contributed by atoms with Crippen molar-refractivity contribution in [1.82, 2.24) is 15.1 Å². The highest BCUT2D eigenvalue weighted by Gasteiger charge is 2.33. The lowest BCUT2D eigenvalue weighted by Crippen LogP contribution is -2.56. The minimum absolute atomic E-state index is 0.0852. The third kappa shape index (κ3) is 5.15. The summed E-state index contributed by atoms with van der Waals surface area (Å²) >= 11 is 6.07. The predicted molar refractivity (Wildman–Crippen MR) is 92.9 cm³/mol. The standard InChI is InChI=1S/C17H21ClFN3O4/c1-21(10-16(24)26-2)15(23)8-14-17(25)20-5-6-22(14)9-11-3-4-12(19)7-13(11)18/h3-4,7,14H,5-6,8-10H2,1-2H3,(H,20,25). The summed E-state index contributed by atoms with van der Waals surface area (Å²) in [7, 11) is 2.71. The summed E-state index contributed by atoms with van der Waals surface area (Å²) in [6.07, 6.45) is -0.0852. The number of benzene rings is 1. The number of nitrogens with zero attached hydrogens (tertiary/aromatic N) is 2. The molecule has 1 heterocycles. The van der Waals surface area contributed by atoms with Crippen molar-refractivity contribution in [2.75, 3.05) is 33.8 Å². The van der Waals surface area contributed by atoms with Crippen LogP contribution in [-0.4, -0.2) is 67.4 Å². The maximum Gasteiger partial charge on any atom is 0.325 e. The SMILES string of the molecule is COC(=O)CN(C)C(=O)CC1C(=O)NCCN1Cc1ccc(F)cc1Cl. The first-order chi connectivity index (χ1) is 12.3. The van der Waals surface area contributed by atoms with Crippen molar-refractivity contribution in [1.29, 1.82) is 0 Å². The van der Waals surface area contributed by atoms with Crippen LogP contribution in [0.4, 0.5) is 4.39 Å². The minimum atomic E-state index is -0.697. The molecule has 2 rings (SSSR count). The zero-order valence-electron chi connectivity index (χ0n) is 14.6. The van der Waals surface area contributed by atoms with Crippen LogP contribution in [0.1, 0.15) is 12.0 Å². The minimum Gasteiger partial charge on any atom is -0.468 e. The molecular weight excluding hydrogens is 365 g/mol. The first-order valence-corrected chi connectivity index (χ1v) is 8.46. The second-order valence-electron chi connectivity index (χ2n) is 6.04. The number of rotatable bonds is 6. The molecule has 1 atom stereocenters. The van der Waals surface area contributed by atoms with E-state index in [1.54, 1.807) is 6.07 Å². The molecule has 0 radical (unpaired) electrons. The molecule has 0 bridgehead atoms. The summed E-state index contributed by atoms with van der Waals surface area (Å²) in [6, 6.07) is 3.38. The summed E-state index contributed by atoms with van der Waals surface area (Å²) in [6.45, 7) is 1.09. The summed E-state index contributed by atoms with van der Waals surface area (Å²) < 4.78 is 17.7. The molecular formula is C17H21ClFN3O4. The van der Waals surface area contributed by atoms with E-state index in [4.69, 9.17) is 11.6 Å². The highest BCUT2D eigenvalue weighted by molar-refractivity contribution is 6.31. The highest BCUT2D eigenvalue weighted by Crippen LogP contribution is 2.21. The average molecular weight is 386 g/mol. The second-order valence-corrected chi connectivity index (χ2v) is 6.45. The number of nitrogens with one attached hydrogen (secondary N) is 1. The van der Waals surface area contributed by atoms with Crippen molar-refractivity contribution >= 4 is 29.4 Å². The lowest BCUT2D eigenvalue weighted by Gasteiger charge is -2.35. The number of esters is 1. The second kappa shape index (κ2) is 8.95. The fourth-order valence-corrected chi connectivity index (χ4v) is 2.94. The van der Waals surface area contributed by atoms with E-state index < -0.39 is 17.8 Å². The monoisotopic (exact) mass is 385 g/mol. The molecule has 1 unspecified atom stereocenters. The van der Waals surface area contributed by atoms with E-state index in [1.807, 2.05) is 4.90 Å². The Kier molecular flexibility index (Phi) is 6.93. The molecule has 2 amide bonds. The quantitative estimate of drug-likeness (QED) is 0.733. The molecule has 1 N–H and O–H groups in total. The van der Waals surface area contributed by atoms with E-state index in [2.05, 4.69) is 10.1 Å². The molecule has 0 saturated carbocycles. The van der Waals surface area contributed by atoms with Gasteiger partial charge >= 0.3 is 5.97 Å². The zero-order chi connectivity index (χ0) is 19.3. The van der Waals surface area contributed by atoms with Crippen LogP contribution in [0, 0.1) is 5.82 Å². The number of hydrogen-bond donors (Lipinski definition) is 1. The van der Waals surface area contributed by atoms with Gasteiger partial charge in [0.25, 0.3) is 0 Å². The van der Waals surface area contributed by atoms with Crippen molar-refractivity contribution in [3.63, 3.8) is 0 Å². The number of likely N-dealkylation sites (N-methyl/N-ethyl adjacent to an activating group) is 1. The molecule has 1 saturated heterocycles. The van der Waals surface area contributed by atoms with Gasteiger partial charge in [-0.1, -0.05) is 17.7 Å². The van der Waals surface area contributed by atoms with Crippen molar-refractivity contribution in [2.24, 2.45) is 0 Å².